The fourth-order valence-electron chi connectivity index (χ4n) is 2.30. The molecule has 1 N–H and O–H groups in total. The zero-order chi connectivity index (χ0) is 11.8. The maximum atomic E-state index is 13.2. The van der Waals surface area contributed by atoms with Crippen LogP contribution < -0.4 is 0 Å². The number of aromatic nitrogens is 2. The molecule has 17 heavy (non-hydrogen) atoms. The third-order valence-corrected chi connectivity index (χ3v) is 3.22. The molecule has 1 aliphatic rings. The number of hydrogen-bond acceptors (Lipinski definition) is 2. The maximum Gasteiger partial charge on any atom is 0.123 e. The van der Waals surface area contributed by atoms with Gasteiger partial charge in [0.15, 0.2) is 0 Å². The monoisotopic (exact) mass is 231 g/mol. The van der Waals surface area contributed by atoms with Gasteiger partial charge in [0, 0.05) is 36.3 Å². The van der Waals surface area contributed by atoms with Crippen molar-refractivity contribution < 1.29 is 4.39 Å². The molecule has 0 amide bonds. The van der Waals surface area contributed by atoms with Crippen molar-refractivity contribution in [2.24, 2.45) is 0 Å². The third-order valence-electron chi connectivity index (χ3n) is 3.22. The summed E-state index contributed by atoms with van der Waals surface area (Å²) in [4.78, 5) is 2.25. The number of aromatic amines is 1. The molecule has 3 rings (SSSR count). The predicted octanol–water partition coefficient (Wildman–Crippen LogP) is 2.20. The molecule has 1 aromatic carbocycles. The van der Waals surface area contributed by atoms with Crippen molar-refractivity contribution in [3.8, 4) is 11.3 Å². The number of benzene rings is 1. The number of H-pyrrole nitrogens is 1. The van der Waals surface area contributed by atoms with Gasteiger partial charge in [0.2, 0.25) is 0 Å². The smallest absolute Gasteiger partial charge is 0.123 e. The van der Waals surface area contributed by atoms with E-state index in [9.17, 15) is 4.39 Å². The molecule has 1 aromatic heterocycles. The van der Waals surface area contributed by atoms with E-state index in [-0.39, 0.29) is 5.82 Å². The standard InChI is InChI=1S/C13H14FN3/c1-17-6-5-12-11(8-17)13(16-15-12)9-3-2-4-10(14)7-9/h2-4,7H,5-6,8H2,1H3,(H,15,16). The highest BCUT2D eigenvalue weighted by atomic mass is 19.1. The Hall–Kier alpha value is -1.68. The van der Waals surface area contributed by atoms with E-state index >= 15 is 0 Å². The first-order valence-corrected chi connectivity index (χ1v) is 5.74. The Labute approximate surface area is 99.3 Å². The van der Waals surface area contributed by atoms with E-state index < -0.39 is 0 Å². The van der Waals surface area contributed by atoms with Crippen LogP contribution in [-0.2, 0) is 13.0 Å². The molecule has 88 valence electrons. The quantitative estimate of drug-likeness (QED) is 0.816. The van der Waals surface area contributed by atoms with E-state index in [0.717, 1.165) is 30.8 Å². The van der Waals surface area contributed by atoms with Crippen LogP contribution in [0.3, 0.4) is 0 Å². The highest BCUT2D eigenvalue weighted by molar-refractivity contribution is 5.64. The number of nitrogens with zero attached hydrogens (tertiary/aromatic N) is 2. The largest absolute Gasteiger partial charge is 0.302 e. The van der Waals surface area contributed by atoms with Crippen molar-refractivity contribution in [3.63, 3.8) is 0 Å². The summed E-state index contributed by atoms with van der Waals surface area (Å²) >= 11 is 0. The summed E-state index contributed by atoms with van der Waals surface area (Å²) in [6, 6.07) is 6.60. The Morgan fingerprint density at radius 1 is 1.41 bits per heavy atom. The molecular formula is C13H14FN3. The van der Waals surface area contributed by atoms with Gasteiger partial charge in [-0.05, 0) is 19.2 Å². The first-order valence-electron chi connectivity index (χ1n) is 5.74. The number of likely N-dealkylation sites (N-methyl/N-ethyl adjacent to an activating group) is 1. The molecule has 0 bridgehead atoms. The van der Waals surface area contributed by atoms with E-state index in [0.29, 0.717) is 0 Å². The average Bonchev–Trinajstić information content (AvgIpc) is 2.71. The lowest BCUT2D eigenvalue weighted by Gasteiger charge is -2.22. The Bertz CT molecular complexity index is 547. The molecule has 0 saturated heterocycles. The summed E-state index contributed by atoms with van der Waals surface area (Å²) in [7, 11) is 2.09. The molecule has 2 aromatic rings. The van der Waals surface area contributed by atoms with Crippen LogP contribution >= 0.6 is 0 Å². The first-order chi connectivity index (χ1) is 8.24. The lowest BCUT2D eigenvalue weighted by Crippen LogP contribution is -2.26. The Morgan fingerprint density at radius 2 is 2.29 bits per heavy atom. The molecule has 0 aliphatic carbocycles. The zero-order valence-electron chi connectivity index (χ0n) is 9.70. The average molecular weight is 231 g/mol. The zero-order valence-corrected chi connectivity index (χ0v) is 9.70. The topological polar surface area (TPSA) is 31.9 Å². The van der Waals surface area contributed by atoms with Gasteiger partial charge in [0.25, 0.3) is 0 Å². The summed E-state index contributed by atoms with van der Waals surface area (Å²) in [6.45, 7) is 1.91. The van der Waals surface area contributed by atoms with Gasteiger partial charge in [-0.3, -0.25) is 5.10 Å². The molecule has 0 fully saturated rings. The Morgan fingerprint density at radius 3 is 3.12 bits per heavy atom. The minimum absolute atomic E-state index is 0.219. The molecule has 1 aliphatic heterocycles. The van der Waals surface area contributed by atoms with Gasteiger partial charge in [0.1, 0.15) is 5.82 Å². The van der Waals surface area contributed by atoms with Crippen molar-refractivity contribution in [2.75, 3.05) is 13.6 Å². The third kappa shape index (κ3) is 1.85. The van der Waals surface area contributed by atoms with Crippen LogP contribution in [0.25, 0.3) is 11.3 Å². The van der Waals surface area contributed by atoms with Crippen LogP contribution in [0.15, 0.2) is 24.3 Å². The minimum Gasteiger partial charge on any atom is -0.302 e. The van der Waals surface area contributed by atoms with Gasteiger partial charge in [-0.1, -0.05) is 12.1 Å². The van der Waals surface area contributed by atoms with Gasteiger partial charge >= 0.3 is 0 Å². The highest BCUT2D eigenvalue weighted by Crippen LogP contribution is 2.27. The van der Waals surface area contributed by atoms with E-state index in [1.54, 1.807) is 6.07 Å². The van der Waals surface area contributed by atoms with E-state index in [1.165, 1.54) is 23.4 Å². The second-order valence-electron chi connectivity index (χ2n) is 4.53. The normalized spacial score (nSPS) is 15.9. The van der Waals surface area contributed by atoms with E-state index in [4.69, 9.17) is 0 Å². The van der Waals surface area contributed by atoms with Crippen molar-refractivity contribution >= 4 is 0 Å². The molecular weight excluding hydrogens is 217 g/mol. The SMILES string of the molecule is CN1CCc2[nH]nc(-c3cccc(F)c3)c2C1. The molecule has 0 atom stereocenters. The molecule has 0 radical (unpaired) electrons. The van der Waals surface area contributed by atoms with Gasteiger partial charge < -0.3 is 4.90 Å². The summed E-state index contributed by atoms with van der Waals surface area (Å²) < 4.78 is 13.2. The number of fused-ring (bicyclic) bond motifs is 1. The molecule has 0 spiro atoms. The predicted molar refractivity (Wildman–Crippen MR) is 64.0 cm³/mol. The fraction of sp³-hybridized carbons (Fsp3) is 0.308. The van der Waals surface area contributed by atoms with Crippen LogP contribution in [0.5, 0.6) is 0 Å². The Kier molecular flexibility index (Phi) is 2.44. The number of hydrogen-bond donors (Lipinski definition) is 1. The van der Waals surface area contributed by atoms with Crippen LogP contribution in [0, 0.1) is 5.82 Å². The van der Waals surface area contributed by atoms with E-state index in [1.807, 2.05) is 6.07 Å². The molecule has 4 heteroatoms. The number of nitrogens with one attached hydrogen (secondary N) is 1. The van der Waals surface area contributed by atoms with Crippen molar-refractivity contribution in [2.45, 2.75) is 13.0 Å². The van der Waals surface area contributed by atoms with E-state index in [2.05, 4.69) is 22.1 Å². The first kappa shape index (κ1) is 10.5. The summed E-state index contributed by atoms with van der Waals surface area (Å²) in [5.74, 6) is -0.219. The van der Waals surface area contributed by atoms with Crippen LogP contribution in [0.4, 0.5) is 4.39 Å². The lowest BCUT2D eigenvalue weighted by molar-refractivity contribution is 0.312. The fourth-order valence-corrected chi connectivity index (χ4v) is 2.30. The van der Waals surface area contributed by atoms with Crippen LogP contribution in [0.1, 0.15) is 11.3 Å². The van der Waals surface area contributed by atoms with Gasteiger partial charge in [-0.2, -0.15) is 5.10 Å². The number of rotatable bonds is 1. The highest BCUT2D eigenvalue weighted by Gasteiger charge is 2.20. The number of halogens is 1. The van der Waals surface area contributed by atoms with Crippen molar-refractivity contribution in [1.29, 1.82) is 0 Å². The second kappa shape index (κ2) is 3.96. The molecule has 0 unspecified atom stereocenters. The summed E-state index contributed by atoms with van der Waals surface area (Å²) in [5, 5.41) is 7.39. The van der Waals surface area contributed by atoms with Crippen LogP contribution in [0.2, 0.25) is 0 Å². The van der Waals surface area contributed by atoms with Gasteiger partial charge in [0.05, 0.1) is 5.69 Å². The molecule has 0 saturated carbocycles. The van der Waals surface area contributed by atoms with Gasteiger partial charge in [-0.15, -0.1) is 0 Å². The van der Waals surface area contributed by atoms with Gasteiger partial charge in [-0.25, -0.2) is 4.39 Å². The van der Waals surface area contributed by atoms with Crippen molar-refractivity contribution in [1.82, 2.24) is 15.1 Å². The molecule has 3 nitrogen and oxygen atoms in total. The second-order valence-corrected chi connectivity index (χ2v) is 4.53. The molecule has 2 heterocycles. The Balaban J connectivity index is 2.07. The van der Waals surface area contributed by atoms with Crippen molar-refractivity contribution in [3.05, 3.63) is 41.3 Å². The maximum absolute atomic E-state index is 13.2. The minimum atomic E-state index is -0.219. The summed E-state index contributed by atoms with van der Waals surface area (Å²) in [6.07, 6.45) is 0.980. The summed E-state index contributed by atoms with van der Waals surface area (Å²) in [5.41, 5.74) is 4.11. The van der Waals surface area contributed by atoms with Crippen LogP contribution in [-0.4, -0.2) is 28.7 Å². The lowest BCUT2D eigenvalue weighted by atomic mass is 10.0.